The number of carbonyl (C=O) groups is 1. The number of pyridine rings is 1. The second-order valence-corrected chi connectivity index (χ2v) is 5.87. The maximum absolute atomic E-state index is 12.4. The number of carbonyl (C=O) groups excluding carboxylic acids is 1. The van der Waals surface area contributed by atoms with Gasteiger partial charge in [0.2, 0.25) is 17.6 Å². The molecule has 0 fully saturated rings. The van der Waals surface area contributed by atoms with Gasteiger partial charge in [-0.05, 0) is 31.2 Å². The number of para-hydroxylation sites is 1. The molecule has 0 aliphatic carbocycles. The lowest BCUT2D eigenvalue weighted by Gasteiger charge is -2.07. The lowest BCUT2D eigenvalue weighted by molar-refractivity contribution is -0.122. The monoisotopic (exact) mass is 348 g/mol. The van der Waals surface area contributed by atoms with E-state index in [1.165, 1.54) is 0 Å². The normalized spacial score (nSPS) is 12.2. The number of benzene rings is 1. The molecule has 0 saturated heterocycles. The highest BCUT2D eigenvalue weighted by molar-refractivity contribution is 5.85. The molecule has 7 heteroatoms. The SMILES string of the molecule is C[C@H](C(=O)NCc1nc(-c2ccncc2)no1)c1cc2ccccc2o1. The molecule has 0 radical (unpaired) electrons. The number of nitrogens with one attached hydrogen (secondary N) is 1. The Labute approximate surface area is 149 Å². The van der Waals surface area contributed by atoms with Gasteiger partial charge in [-0.3, -0.25) is 9.78 Å². The molecule has 0 bridgehead atoms. The Kier molecular flexibility index (Phi) is 4.18. The van der Waals surface area contributed by atoms with Crippen molar-refractivity contribution in [1.29, 1.82) is 0 Å². The van der Waals surface area contributed by atoms with Gasteiger partial charge in [0.25, 0.3) is 0 Å². The zero-order valence-corrected chi connectivity index (χ0v) is 14.0. The third-order valence-electron chi connectivity index (χ3n) is 4.09. The van der Waals surface area contributed by atoms with Crippen molar-refractivity contribution in [3.63, 3.8) is 0 Å². The third kappa shape index (κ3) is 3.19. The molecule has 3 aromatic heterocycles. The standard InChI is InChI=1S/C19H16N4O3/c1-12(16-10-14-4-2-3-5-15(14)25-16)19(24)21-11-17-22-18(23-26-17)13-6-8-20-9-7-13/h2-10,12H,11H2,1H3,(H,21,24)/t12-/m0/s1. The van der Waals surface area contributed by atoms with Crippen molar-refractivity contribution in [2.45, 2.75) is 19.4 Å². The van der Waals surface area contributed by atoms with E-state index in [9.17, 15) is 4.79 Å². The van der Waals surface area contributed by atoms with Crippen LogP contribution in [0.25, 0.3) is 22.4 Å². The van der Waals surface area contributed by atoms with Gasteiger partial charge >= 0.3 is 0 Å². The van der Waals surface area contributed by atoms with E-state index in [0.29, 0.717) is 17.5 Å². The first-order valence-electron chi connectivity index (χ1n) is 8.20. The van der Waals surface area contributed by atoms with Crippen molar-refractivity contribution in [2.75, 3.05) is 0 Å². The average Bonchev–Trinajstić information content (AvgIpc) is 3.33. The molecule has 1 aromatic carbocycles. The van der Waals surface area contributed by atoms with E-state index in [1.54, 1.807) is 31.5 Å². The Bertz CT molecular complexity index is 1010. The van der Waals surface area contributed by atoms with Crippen molar-refractivity contribution in [2.24, 2.45) is 0 Å². The fourth-order valence-electron chi connectivity index (χ4n) is 2.61. The van der Waals surface area contributed by atoms with Gasteiger partial charge in [-0.2, -0.15) is 4.98 Å². The predicted octanol–water partition coefficient (Wildman–Crippen LogP) is 3.30. The Morgan fingerprint density at radius 3 is 2.81 bits per heavy atom. The van der Waals surface area contributed by atoms with Crippen LogP contribution in [-0.2, 0) is 11.3 Å². The molecular formula is C19H16N4O3. The van der Waals surface area contributed by atoms with Crippen LogP contribution in [0, 0.1) is 0 Å². The molecule has 3 heterocycles. The smallest absolute Gasteiger partial charge is 0.246 e. The number of aromatic nitrogens is 3. The molecule has 0 aliphatic heterocycles. The molecule has 4 rings (SSSR count). The summed E-state index contributed by atoms with van der Waals surface area (Å²) in [4.78, 5) is 20.6. The minimum atomic E-state index is -0.426. The van der Waals surface area contributed by atoms with Gasteiger partial charge in [-0.15, -0.1) is 0 Å². The summed E-state index contributed by atoms with van der Waals surface area (Å²) in [7, 11) is 0. The summed E-state index contributed by atoms with van der Waals surface area (Å²) in [6, 6.07) is 13.1. The quantitative estimate of drug-likeness (QED) is 0.595. The fraction of sp³-hybridized carbons (Fsp3) is 0.158. The number of furan rings is 1. The molecule has 1 amide bonds. The van der Waals surface area contributed by atoms with Crippen LogP contribution in [0.15, 0.2) is 63.8 Å². The molecule has 130 valence electrons. The first-order chi connectivity index (χ1) is 12.7. The summed E-state index contributed by atoms with van der Waals surface area (Å²) >= 11 is 0. The second kappa shape index (κ2) is 6.79. The van der Waals surface area contributed by atoms with Crippen LogP contribution in [0.1, 0.15) is 24.5 Å². The minimum absolute atomic E-state index is 0.154. The average molecular weight is 348 g/mol. The molecule has 7 nitrogen and oxygen atoms in total. The van der Waals surface area contributed by atoms with Crippen molar-refractivity contribution in [3.05, 3.63) is 66.5 Å². The van der Waals surface area contributed by atoms with Crippen LogP contribution in [-0.4, -0.2) is 21.0 Å². The first kappa shape index (κ1) is 16.0. The van der Waals surface area contributed by atoms with E-state index in [-0.39, 0.29) is 12.5 Å². The molecule has 0 spiro atoms. The molecule has 1 atom stereocenters. The molecule has 0 aliphatic rings. The zero-order valence-electron chi connectivity index (χ0n) is 14.0. The number of amides is 1. The Balaban J connectivity index is 1.41. The molecular weight excluding hydrogens is 332 g/mol. The third-order valence-corrected chi connectivity index (χ3v) is 4.09. The Morgan fingerprint density at radius 1 is 1.19 bits per heavy atom. The first-order valence-corrected chi connectivity index (χ1v) is 8.20. The molecule has 26 heavy (non-hydrogen) atoms. The summed E-state index contributed by atoms with van der Waals surface area (Å²) in [5.74, 6) is 0.813. The van der Waals surface area contributed by atoms with Gasteiger partial charge in [0.15, 0.2) is 0 Å². The number of nitrogens with zero attached hydrogens (tertiary/aromatic N) is 3. The van der Waals surface area contributed by atoms with Crippen molar-refractivity contribution in [1.82, 2.24) is 20.4 Å². The minimum Gasteiger partial charge on any atom is -0.460 e. The number of rotatable bonds is 5. The highest BCUT2D eigenvalue weighted by Gasteiger charge is 2.20. The van der Waals surface area contributed by atoms with Gasteiger partial charge in [-0.25, -0.2) is 0 Å². The summed E-state index contributed by atoms with van der Waals surface area (Å²) in [6.07, 6.45) is 3.31. The van der Waals surface area contributed by atoms with E-state index in [4.69, 9.17) is 8.94 Å². The molecule has 0 unspecified atom stereocenters. The van der Waals surface area contributed by atoms with Crippen LogP contribution in [0.2, 0.25) is 0 Å². The summed E-state index contributed by atoms with van der Waals surface area (Å²) in [5, 5.41) is 7.68. The van der Waals surface area contributed by atoms with Gasteiger partial charge in [0, 0.05) is 23.3 Å². The number of hydrogen-bond donors (Lipinski definition) is 1. The van der Waals surface area contributed by atoms with E-state index >= 15 is 0 Å². The van der Waals surface area contributed by atoms with Crippen molar-refractivity contribution < 1.29 is 13.7 Å². The maximum atomic E-state index is 12.4. The largest absolute Gasteiger partial charge is 0.460 e. The zero-order chi connectivity index (χ0) is 17.9. The van der Waals surface area contributed by atoms with E-state index in [2.05, 4.69) is 20.4 Å². The lowest BCUT2D eigenvalue weighted by Crippen LogP contribution is -2.27. The molecule has 0 saturated carbocycles. The van der Waals surface area contributed by atoms with Gasteiger partial charge in [0.1, 0.15) is 11.3 Å². The van der Waals surface area contributed by atoms with Gasteiger partial charge < -0.3 is 14.3 Å². The van der Waals surface area contributed by atoms with Gasteiger partial charge in [0.05, 0.1) is 12.5 Å². The summed E-state index contributed by atoms with van der Waals surface area (Å²) < 4.78 is 10.9. The highest BCUT2D eigenvalue weighted by Crippen LogP contribution is 2.25. The van der Waals surface area contributed by atoms with Crippen LogP contribution < -0.4 is 5.32 Å². The van der Waals surface area contributed by atoms with E-state index < -0.39 is 5.92 Å². The Hall–Kier alpha value is -3.48. The van der Waals surface area contributed by atoms with Crippen LogP contribution >= 0.6 is 0 Å². The maximum Gasteiger partial charge on any atom is 0.246 e. The fourth-order valence-corrected chi connectivity index (χ4v) is 2.61. The number of fused-ring (bicyclic) bond motifs is 1. The highest BCUT2D eigenvalue weighted by atomic mass is 16.5. The summed E-state index contributed by atoms with van der Waals surface area (Å²) in [6.45, 7) is 1.95. The van der Waals surface area contributed by atoms with Crippen molar-refractivity contribution >= 4 is 16.9 Å². The molecule has 1 N–H and O–H groups in total. The number of hydrogen-bond acceptors (Lipinski definition) is 6. The van der Waals surface area contributed by atoms with Gasteiger partial charge in [-0.1, -0.05) is 23.4 Å². The summed E-state index contributed by atoms with van der Waals surface area (Å²) in [5.41, 5.74) is 1.57. The Morgan fingerprint density at radius 2 is 2.00 bits per heavy atom. The lowest BCUT2D eigenvalue weighted by atomic mass is 10.1. The van der Waals surface area contributed by atoms with Crippen LogP contribution in [0.5, 0.6) is 0 Å². The molecule has 4 aromatic rings. The van der Waals surface area contributed by atoms with E-state index in [0.717, 1.165) is 16.5 Å². The topological polar surface area (TPSA) is 94.1 Å². The van der Waals surface area contributed by atoms with Crippen LogP contribution in [0.3, 0.4) is 0 Å². The van der Waals surface area contributed by atoms with Crippen LogP contribution in [0.4, 0.5) is 0 Å². The van der Waals surface area contributed by atoms with E-state index in [1.807, 2.05) is 30.3 Å². The predicted molar refractivity (Wildman–Crippen MR) is 94.0 cm³/mol. The van der Waals surface area contributed by atoms with Crippen molar-refractivity contribution in [3.8, 4) is 11.4 Å². The second-order valence-electron chi connectivity index (χ2n) is 5.87.